The molecule has 1 N–H and O–H groups in total. The van der Waals surface area contributed by atoms with Crippen molar-refractivity contribution in [2.75, 3.05) is 23.3 Å². The highest BCUT2D eigenvalue weighted by Gasteiger charge is 2.31. The lowest BCUT2D eigenvalue weighted by molar-refractivity contribution is -0.115. The summed E-state index contributed by atoms with van der Waals surface area (Å²) in [5.41, 5.74) is 4.64. The molecule has 0 aliphatic heterocycles. The minimum Gasteiger partial charge on any atom is -0.372 e. The molecular weight excluding hydrogens is 421 g/mol. The van der Waals surface area contributed by atoms with Crippen molar-refractivity contribution in [2.45, 2.75) is 24.6 Å². The van der Waals surface area contributed by atoms with E-state index in [1.54, 1.807) is 10.9 Å². The number of anilines is 2. The molecule has 1 heterocycles. The number of fused-ring (bicyclic) bond motifs is 1. The van der Waals surface area contributed by atoms with E-state index in [9.17, 15) is 4.79 Å². The van der Waals surface area contributed by atoms with Gasteiger partial charge in [0, 0.05) is 24.5 Å². The van der Waals surface area contributed by atoms with Crippen LogP contribution in [0, 0.1) is 6.92 Å². The Bertz CT molecular complexity index is 991. The first-order valence-electron chi connectivity index (χ1n) is 8.84. The Morgan fingerprint density at radius 1 is 1.07 bits per heavy atom. The zero-order valence-electron chi connectivity index (χ0n) is 15.7. The van der Waals surface area contributed by atoms with E-state index in [0.717, 1.165) is 30.0 Å². The van der Waals surface area contributed by atoms with Gasteiger partial charge in [-0.2, -0.15) is 4.80 Å². The van der Waals surface area contributed by atoms with Crippen LogP contribution in [0.15, 0.2) is 36.4 Å². The van der Waals surface area contributed by atoms with Crippen molar-refractivity contribution in [3.05, 3.63) is 42.0 Å². The van der Waals surface area contributed by atoms with Gasteiger partial charge in [0.15, 0.2) is 0 Å². The third-order valence-electron chi connectivity index (χ3n) is 4.44. The SMILES string of the molecule is CCN(CC)c1ccc(-n2nc3cc(C)c(NC(=O)C(Cl)(Cl)Cl)cc3n2)cc1. The Labute approximate surface area is 178 Å². The maximum atomic E-state index is 11.9. The number of hydrogen-bond acceptors (Lipinski definition) is 4. The molecule has 0 fully saturated rings. The first-order valence-corrected chi connectivity index (χ1v) is 9.97. The number of benzene rings is 2. The second kappa shape index (κ2) is 8.15. The van der Waals surface area contributed by atoms with E-state index in [1.807, 2.05) is 37.3 Å². The lowest BCUT2D eigenvalue weighted by Gasteiger charge is -2.20. The van der Waals surface area contributed by atoms with Crippen molar-refractivity contribution in [3.8, 4) is 5.69 Å². The summed E-state index contributed by atoms with van der Waals surface area (Å²) >= 11 is 16.9. The van der Waals surface area contributed by atoms with Gasteiger partial charge in [-0.3, -0.25) is 4.79 Å². The highest BCUT2D eigenvalue weighted by Crippen LogP contribution is 2.29. The number of halogens is 3. The fourth-order valence-corrected chi connectivity index (χ4v) is 3.04. The van der Waals surface area contributed by atoms with E-state index in [4.69, 9.17) is 34.8 Å². The van der Waals surface area contributed by atoms with Gasteiger partial charge in [0.05, 0.1) is 5.69 Å². The largest absolute Gasteiger partial charge is 0.372 e. The third-order valence-corrected chi connectivity index (χ3v) is 4.96. The summed E-state index contributed by atoms with van der Waals surface area (Å²) in [6.45, 7) is 7.98. The van der Waals surface area contributed by atoms with Gasteiger partial charge in [-0.25, -0.2) is 0 Å². The molecule has 0 unspecified atom stereocenters. The maximum Gasteiger partial charge on any atom is 0.276 e. The van der Waals surface area contributed by atoms with E-state index < -0.39 is 9.70 Å². The molecule has 0 spiro atoms. The number of aryl methyl sites for hydroxylation is 1. The number of aromatic nitrogens is 3. The Morgan fingerprint density at radius 3 is 2.18 bits per heavy atom. The fourth-order valence-electron chi connectivity index (χ4n) is 2.90. The smallest absolute Gasteiger partial charge is 0.276 e. The first kappa shape index (κ1) is 20.7. The predicted molar refractivity (Wildman–Crippen MR) is 116 cm³/mol. The predicted octanol–water partition coefficient (Wildman–Crippen LogP) is 4.88. The summed E-state index contributed by atoms with van der Waals surface area (Å²) in [6.07, 6.45) is 0. The topological polar surface area (TPSA) is 63.1 Å². The Kier molecular flexibility index (Phi) is 6.03. The van der Waals surface area contributed by atoms with Crippen molar-refractivity contribution in [1.29, 1.82) is 0 Å². The number of carbonyl (C=O) groups excluding carboxylic acids is 1. The highest BCUT2D eigenvalue weighted by molar-refractivity contribution is 6.76. The molecule has 0 aliphatic rings. The van der Waals surface area contributed by atoms with Gasteiger partial charge in [-0.15, -0.1) is 10.2 Å². The van der Waals surface area contributed by atoms with Crippen LogP contribution in [0.1, 0.15) is 19.4 Å². The van der Waals surface area contributed by atoms with E-state index in [2.05, 4.69) is 34.3 Å². The molecule has 0 saturated heterocycles. The average Bonchev–Trinajstić information content (AvgIpc) is 3.05. The molecule has 148 valence electrons. The van der Waals surface area contributed by atoms with Gasteiger partial charge in [-0.05, 0) is 62.7 Å². The Morgan fingerprint density at radius 2 is 1.64 bits per heavy atom. The summed E-state index contributed by atoms with van der Waals surface area (Å²) in [4.78, 5) is 15.8. The molecule has 9 heteroatoms. The monoisotopic (exact) mass is 439 g/mol. The molecule has 28 heavy (non-hydrogen) atoms. The number of nitrogens with one attached hydrogen (secondary N) is 1. The van der Waals surface area contributed by atoms with Crippen molar-refractivity contribution >= 4 is 63.1 Å². The first-order chi connectivity index (χ1) is 13.2. The van der Waals surface area contributed by atoms with Gasteiger partial charge >= 0.3 is 0 Å². The van der Waals surface area contributed by atoms with E-state index in [1.165, 1.54) is 0 Å². The normalized spacial score (nSPS) is 11.6. The lowest BCUT2D eigenvalue weighted by atomic mass is 10.1. The minimum atomic E-state index is -2.04. The highest BCUT2D eigenvalue weighted by atomic mass is 35.6. The quantitative estimate of drug-likeness (QED) is 0.574. The number of rotatable bonds is 5. The number of amides is 1. The van der Waals surface area contributed by atoms with E-state index >= 15 is 0 Å². The van der Waals surface area contributed by atoms with Crippen LogP contribution in [-0.4, -0.2) is 37.8 Å². The molecule has 1 aromatic heterocycles. The number of alkyl halides is 3. The number of hydrogen-bond donors (Lipinski definition) is 1. The molecule has 0 aliphatic carbocycles. The number of nitrogens with zero attached hydrogens (tertiary/aromatic N) is 4. The molecular formula is C19H20Cl3N5O. The fraction of sp³-hybridized carbons (Fsp3) is 0.316. The van der Waals surface area contributed by atoms with Gasteiger partial charge in [-0.1, -0.05) is 34.8 Å². The van der Waals surface area contributed by atoms with E-state index in [0.29, 0.717) is 16.7 Å². The summed E-state index contributed by atoms with van der Waals surface area (Å²) in [7, 11) is 0. The summed E-state index contributed by atoms with van der Waals surface area (Å²) in [5, 5.41) is 11.6. The zero-order valence-corrected chi connectivity index (χ0v) is 18.0. The van der Waals surface area contributed by atoms with Crippen LogP contribution >= 0.6 is 34.8 Å². The van der Waals surface area contributed by atoms with Crippen LogP contribution in [0.4, 0.5) is 11.4 Å². The van der Waals surface area contributed by atoms with Crippen molar-refractivity contribution < 1.29 is 4.79 Å². The van der Waals surface area contributed by atoms with Gasteiger partial charge < -0.3 is 10.2 Å². The van der Waals surface area contributed by atoms with Crippen LogP contribution in [0.25, 0.3) is 16.7 Å². The second-order valence-corrected chi connectivity index (χ2v) is 8.57. The van der Waals surface area contributed by atoms with Crippen molar-refractivity contribution in [1.82, 2.24) is 15.0 Å². The molecule has 3 rings (SSSR count). The van der Waals surface area contributed by atoms with Crippen LogP contribution < -0.4 is 10.2 Å². The molecule has 0 radical (unpaired) electrons. The lowest BCUT2D eigenvalue weighted by Crippen LogP contribution is -2.27. The standard InChI is InChI=1S/C19H20Cl3N5O/c1-4-26(5-2)13-6-8-14(9-7-13)27-24-16-10-12(3)15(11-17(16)25-27)23-18(28)19(20,21)22/h6-11H,4-5H2,1-3H3,(H,23,28). The summed E-state index contributed by atoms with van der Waals surface area (Å²) < 4.78 is -2.04. The molecule has 1 amide bonds. The van der Waals surface area contributed by atoms with Crippen molar-refractivity contribution in [3.63, 3.8) is 0 Å². The van der Waals surface area contributed by atoms with Gasteiger partial charge in [0.2, 0.25) is 0 Å². The minimum absolute atomic E-state index is 0.521. The Hall–Kier alpha value is -2.02. The molecule has 3 aromatic rings. The van der Waals surface area contributed by atoms with Crippen LogP contribution in [-0.2, 0) is 4.79 Å². The van der Waals surface area contributed by atoms with Gasteiger partial charge in [0.1, 0.15) is 11.0 Å². The molecule has 6 nitrogen and oxygen atoms in total. The molecule has 2 aromatic carbocycles. The summed E-state index contributed by atoms with van der Waals surface area (Å²) in [6, 6.07) is 11.6. The maximum absolute atomic E-state index is 11.9. The molecule has 0 atom stereocenters. The second-order valence-electron chi connectivity index (χ2n) is 6.29. The van der Waals surface area contributed by atoms with Crippen LogP contribution in [0.5, 0.6) is 0 Å². The number of carbonyl (C=O) groups is 1. The molecule has 0 bridgehead atoms. The van der Waals surface area contributed by atoms with Crippen LogP contribution in [0.2, 0.25) is 0 Å². The third kappa shape index (κ3) is 4.35. The van der Waals surface area contributed by atoms with Crippen molar-refractivity contribution in [2.24, 2.45) is 0 Å². The molecule has 0 saturated carbocycles. The van der Waals surface area contributed by atoms with Gasteiger partial charge in [0.25, 0.3) is 9.70 Å². The van der Waals surface area contributed by atoms with E-state index in [-0.39, 0.29) is 0 Å². The zero-order chi connectivity index (χ0) is 20.5. The summed E-state index contributed by atoms with van der Waals surface area (Å²) in [5.74, 6) is -0.723. The van der Waals surface area contributed by atoms with Crippen LogP contribution in [0.3, 0.4) is 0 Å². The average molecular weight is 441 g/mol. The Balaban J connectivity index is 1.91.